The number of benzene rings is 2. The molecule has 2 N–H and O–H groups in total. The van der Waals surface area contributed by atoms with Crippen LogP contribution >= 0.6 is 0 Å². The SMILES string of the molecule is Cn1cc(C(=O)NNC(=O)c2ccccc2)c2ccccc21. The number of aromatic nitrogens is 1. The molecular weight excluding hydrogens is 278 g/mol. The van der Waals surface area contributed by atoms with Crippen LogP contribution in [0.25, 0.3) is 10.9 Å². The summed E-state index contributed by atoms with van der Waals surface area (Å²) in [7, 11) is 1.88. The lowest BCUT2D eigenvalue weighted by atomic mass is 10.2. The minimum Gasteiger partial charge on any atom is -0.350 e. The zero-order valence-electron chi connectivity index (χ0n) is 12.0. The first-order chi connectivity index (χ1) is 10.7. The molecule has 2 aromatic carbocycles. The molecule has 0 fully saturated rings. The highest BCUT2D eigenvalue weighted by atomic mass is 16.2. The molecule has 5 heteroatoms. The normalized spacial score (nSPS) is 10.4. The Bertz CT molecular complexity index is 837. The van der Waals surface area contributed by atoms with Crippen molar-refractivity contribution in [2.24, 2.45) is 7.05 Å². The molecule has 0 aliphatic heterocycles. The third-order valence-electron chi connectivity index (χ3n) is 3.47. The lowest BCUT2D eigenvalue weighted by molar-refractivity contribution is 0.0847. The topological polar surface area (TPSA) is 63.1 Å². The smallest absolute Gasteiger partial charge is 0.271 e. The molecule has 1 aromatic heterocycles. The number of carbonyl (C=O) groups is 2. The van der Waals surface area contributed by atoms with Gasteiger partial charge in [0.15, 0.2) is 0 Å². The summed E-state index contributed by atoms with van der Waals surface area (Å²) >= 11 is 0. The molecule has 0 radical (unpaired) electrons. The van der Waals surface area contributed by atoms with Crippen LogP contribution in [0.3, 0.4) is 0 Å². The zero-order chi connectivity index (χ0) is 15.5. The van der Waals surface area contributed by atoms with Crippen LogP contribution in [-0.2, 0) is 7.05 Å². The fourth-order valence-corrected chi connectivity index (χ4v) is 2.37. The van der Waals surface area contributed by atoms with Crippen molar-refractivity contribution in [3.8, 4) is 0 Å². The van der Waals surface area contributed by atoms with Crippen molar-refractivity contribution >= 4 is 22.7 Å². The van der Waals surface area contributed by atoms with Crippen LogP contribution in [0.1, 0.15) is 20.7 Å². The van der Waals surface area contributed by atoms with E-state index in [0.29, 0.717) is 11.1 Å². The van der Waals surface area contributed by atoms with Crippen molar-refractivity contribution in [3.05, 3.63) is 71.9 Å². The van der Waals surface area contributed by atoms with Gasteiger partial charge in [-0.1, -0.05) is 36.4 Å². The van der Waals surface area contributed by atoms with Gasteiger partial charge in [0.2, 0.25) is 0 Å². The number of hydrogen-bond donors (Lipinski definition) is 2. The quantitative estimate of drug-likeness (QED) is 0.712. The van der Waals surface area contributed by atoms with E-state index in [9.17, 15) is 9.59 Å². The monoisotopic (exact) mass is 293 g/mol. The van der Waals surface area contributed by atoms with Crippen LogP contribution in [0, 0.1) is 0 Å². The van der Waals surface area contributed by atoms with Crippen LogP contribution in [0.5, 0.6) is 0 Å². The number of carbonyl (C=O) groups excluding carboxylic acids is 2. The Labute approximate surface area is 127 Å². The van der Waals surface area contributed by atoms with Crippen molar-refractivity contribution in [2.45, 2.75) is 0 Å². The first-order valence-electron chi connectivity index (χ1n) is 6.86. The maximum Gasteiger partial charge on any atom is 0.271 e. The molecule has 110 valence electrons. The summed E-state index contributed by atoms with van der Waals surface area (Å²) in [6.45, 7) is 0. The number of nitrogens with one attached hydrogen (secondary N) is 2. The Morgan fingerprint density at radius 3 is 2.27 bits per heavy atom. The van der Waals surface area contributed by atoms with Gasteiger partial charge in [-0.3, -0.25) is 20.4 Å². The number of amides is 2. The second-order valence-corrected chi connectivity index (χ2v) is 4.95. The second-order valence-electron chi connectivity index (χ2n) is 4.95. The molecule has 2 amide bonds. The van der Waals surface area contributed by atoms with Gasteiger partial charge >= 0.3 is 0 Å². The van der Waals surface area contributed by atoms with Gasteiger partial charge in [-0.25, -0.2) is 0 Å². The van der Waals surface area contributed by atoms with Gasteiger partial charge in [0.25, 0.3) is 11.8 Å². The highest BCUT2D eigenvalue weighted by Crippen LogP contribution is 2.19. The highest BCUT2D eigenvalue weighted by Gasteiger charge is 2.14. The Balaban J connectivity index is 1.76. The van der Waals surface area contributed by atoms with Crippen LogP contribution in [-0.4, -0.2) is 16.4 Å². The average molecular weight is 293 g/mol. The number of hydrazine groups is 1. The van der Waals surface area contributed by atoms with E-state index < -0.39 is 0 Å². The van der Waals surface area contributed by atoms with E-state index in [4.69, 9.17) is 0 Å². The number of hydrogen-bond acceptors (Lipinski definition) is 2. The lowest BCUT2D eigenvalue weighted by Gasteiger charge is -2.06. The third-order valence-corrected chi connectivity index (χ3v) is 3.47. The molecule has 0 atom stereocenters. The Morgan fingerprint density at radius 1 is 0.864 bits per heavy atom. The van der Waals surface area contributed by atoms with Crippen molar-refractivity contribution in [3.63, 3.8) is 0 Å². The van der Waals surface area contributed by atoms with Crippen molar-refractivity contribution < 1.29 is 9.59 Å². The summed E-state index contributed by atoms with van der Waals surface area (Å²) in [4.78, 5) is 24.2. The maximum atomic E-state index is 12.3. The van der Waals surface area contributed by atoms with E-state index in [1.807, 2.05) is 41.9 Å². The molecule has 22 heavy (non-hydrogen) atoms. The molecule has 0 aliphatic rings. The number of aryl methyl sites for hydroxylation is 1. The Hall–Kier alpha value is -3.08. The standard InChI is InChI=1S/C17H15N3O2/c1-20-11-14(13-9-5-6-10-15(13)20)17(22)19-18-16(21)12-7-3-2-4-8-12/h2-11H,1H3,(H,18,21)(H,19,22). The van der Waals surface area contributed by atoms with E-state index >= 15 is 0 Å². The third kappa shape index (κ3) is 2.56. The van der Waals surface area contributed by atoms with E-state index in [1.165, 1.54) is 0 Å². The predicted octanol–water partition coefficient (Wildman–Crippen LogP) is 2.25. The zero-order valence-corrected chi connectivity index (χ0v) is 12.0. The Kier molecular flexibility index (Phi) is 3.62. The molecular formula is C17H15N3O2. The Morgan fingerprint density at radius 2 is 1.50 bits per heavy atom. The summed E-state index contributed by atoms with van der Waals surface area (Å²) in [5.74, 6) is -0.699. The number of para-hydroxylation sites is 1. The molecule has 3 rings (SSSR count). The molecule has 0 saturated heterocycles. The van der Waals surface area contributed by atoms with Crippen molar-refractivity contribution in [1.29, 1.82) is 0 Å². The van der Waals surface area contributed by atoms with Crippen molar-refractivity contribution in [2.75, 3.05) is 0 Å². The fraction of sp³-hybridized carbons (Fsp3) is 0.0588. The molecule has 0 unspecified atom stereocenters. The van der Waals surface area contributed by atoms with Crippen LogP contribution in [0.2, 0.25) is 0 Å². The lowest BCUT2D eigenvalue weighted by Crippen LogP contribution is -2.41. The van der Waals surface area contributed by atoms with Crippen LogP contribution in [0.15, 0.2) is 60.8 Å². The van der Waals surface area contributed by atoms with Gasteiger partial charge in [0, 0.05) is 29.7 Å². The molecule has 0 spiro atoms. The summed E-state index contributed by atoms with van der Waals surface area (Å²) in [5, 5.41) is 0.844. The van der Waals surface area contributed by atoms with Gasteiger partial charge in [0.05, 0.1) is 5.56 Å². The maximum absolute atomic E-state index is 12.3. The number of rotatable bonds is 2. The second kappa shape index (κ2) is 5.73. The molecule has 5 nitrogen and oxygen atoms in total. The number of fused-ring (bicyclic) bond motifs is 1. The van der Waals surface area contributed by atoms with Gasteiger partial charge in [0.1, 0.15) is 0 Å². The minimum atomic E-state index is -0.353. The first-order valence-corrected chi connectivity index (χ1v) is 6.86. The van der Waals surface area contributed by atoms with Gasteiger partial charge in [-0.15, -0.1) is 0 Å². The first kappa shape index (κ1) is 13.9. The summed E-state index contributed by atoms with van der Waals surface area (Å²) in [5.41, 5.74) is 6.84. The fourth-order valence-electron chi connectivity index (χ4n) is 2.37. The summed E-state index contributed by atoms with van der Waals surface area (Å²) in [6, 6.07) is 16.3. The molecule has 0 bridgehead atoms. The molecule has 3 aromatic rings. The van der Waals surface area contributed by atoms with E-state index in [-0.39, 0.29) is 11.8 Å². The molecule has 1 heterocycles. The summed E-state index contributed by atoms with van der Waals surface area (Å²) < 4.78 is 1.88. The van der Waals surface area contributed by atoms with Crippen LogP contribution < -0.4 is 10.9 Å². The predicted molar refractivity (Wildman–Crippen MR) is 84.3 cm³/mol. The largest absolute Gasteiger partial charge is 0.350 e. The van der Waals surface area contributed by atoms with Crippen LogP contribution in [0.4, 0.5) is 0 Å². The van der Waals surface area contributed by atoms with E-state index in [0.717, 1.165) is 10.9 Å². The summed E-state index contributed by atoms with van der Waals surface area (Å²) in [6.07, 6.45) is 1.74. The molecule has 0 aliphatic carbocycles. The average Bonchev–Trinajstić information content (AvgIpc) is 2.91. The van der Waals surface area contributed by atoms with Gasteiger partial charge < -0.3 is 4.57 Å². The minimum absolute atomic E-state index is 0.346. The van der Waals surface area contributed by atoms with Gasteiger partial charge in [-0.2, -0.15) is 0 Å². The van der Waals surface area contributed by atoms with Gasteiger partial charge in [-0.05, 0) is 18.2 Å². The van der Waals surface area contributed by atoms with E-state index in [2.05, 4.69) is 10.9 Å². The highest BCUT2D eigenvalue weighted by molar-refractivity contribution is 6.07. The van der Waals surface area contributed by atoms with Crippen molar-refractivity contribution in [1.82, 2.24) is 15.4 Å². The van der Waals surface area contributed by atoms with E-state index in [1.54, 1.807) is 30.5 Å². The molecule has 0 saturated carbocycles. The number of nitrogens with zero attached hydrogens (tertiary/aromatic N) is 1.